The number of hydrogen-bond donors (Lipinski definition) is 0. The van der Waals surface area contributed by atoms with Crippen molar-refractivity contribution in [3.63, 3.8) is 0 Å². The van der Waals surface area contributed by atoms with Gasteiger partial charge in [-0.2, -0.15) is 0 Å². The van der Waals surface area contributed by atoms with Crippen LogP contribution in [0, 0.1) is 0 Å². The highest BCUT2D eigenvalue weighted by Crippen LogP contribution is 2.38. The Hall–Kier alpha value is -8.21. The molecule has 0 fully saturated rings. The van der Waals surface area contributed by atoms with E-state index in [2.05, 4.69) is 199 Å². The number of nitrogens with zero attached hydrogens (tertiary/aromatic N) is 4. The third-order valence-corrected chi connectivity index (χ3v) is 11.4. The van der Waals surface area contributed by atoms with E-state index in [0.717, 1.165) is 50.1 Å². The largest absolute Gasteiger partial charge is 0.309 e. The fourth-order valence-corrected chi connectivity index (χ4v) is 8.39. The average Bonchev–Trinajstić information content (AvgIpc) is 3.68. The summed E-state index contributed by atoms with van der Waals surface area (Å²) in [5.41, 5.74) is 15.4. The quantitative estimate of drug-likeness (QED) is 0.154. The normalized spacial score (nSPS) is 11.3. The third kappa shape index (κ3) is 6.96. The van der Waals surface area contributed by atoms with E-state index < -0.39 is 0 Å². The molecular weight excluding hydrogens is 741 g/mol. The zero-order chi connectivity index (χ0) is 40.5. The minimum atomic E-state index is 0.624. The van der Waals surface area contributed by atoms with Crippen molar-refractivity contribution in [3.8, 4) is 84.4 Å². The molecule has 4 nitrogen and oxygen atoms in total. The van der Waals surface area contributed by atoms with Gasteiger partial charge in [0.25, 0.3) is 0 Å². The van der Waals surface area contributed by atoms with Crippen molar-refractivity contribution in [2.45, 2.75) is 0 Å². The van der Waals surface area contributed by atoms with E-state index >= 15 is 0 Å². The van der Waals surface area contributed by atoms with Gasteiger partial charge in [0, 0.05) is 33.2 Å². The van der Waals surface area contributed by atoms with Crippen LogP contribution in [-0.4, -0.2) is 19.5 Å². The van der Waals surface area contributed by atoms with Crippen LogP contribution in [0.2, 0.25) is 0 Å². The molecule has 0 saturated heterocycles. The van der Waals surface area contributed by atoms with Crippen molar-refractivity contribution >= 4 is 21.8 Å². The van der Waals surface area contributed by atoms with Crippen LogP contribution < -0.4 is 0 Å². The predicted octanol–water partition coefficient (Wildman–Crippen LogP) is 14.6. The van der Waals surface area contributed by atoms with Crippen LogP contribution in [0.5, 0.6) is 0 Å². The van der Waals surface area contributed by atoms with Crippen LogP contribution in [0.4, 0.5) is 0 Å². The summed E-state index contributed by atoms with van der Waals surface area (Å²) >= 11 is 0. The van der Waals surface area contributed by atoms with Crippen LogP contribution in [0.3, 0.4) is 0 Å². The lowest BCUT2D eigenvalue weighted by atomic mass is 9.98. The number of benzene rings is 9. The number of fused-ring (bicyclic) bond motifs is 3. The fourth-order valence-electron chi connectivity index (χ4n) is 8.39. The van der Waals surface area contributed by atoms with Crippen molar-refractivity contribution < 1.29 is 0 Å². The Kier molecular flexibility index (Phi) is 9.14. The van der Waals surface area contributed by atoms with Gasteiger partial charge in [-0.3, -0.25) is 0 Å². The minimum Gasteiger partial charge on any atom is -0.309 e. The molecular formula is C57H38N4. The van der Waals surface area contributed by atoms with Gasteiger partial charge in [-0.15, -0.1) is 0 Å². The van der Waals surface area contributed by atoms with Gasteiger partial charge < -0.3 is 4.57 Å². The van der Waals surface area contributed by atoms with Crippen LogP contribution in [0.25, 0.3) is 106 Å². The first-order valence-corrected chi connectivity index (χ1v) is 20.6. The zero-order valence-electron chi connectivity index (χ0n) is 33.2. The summed E-state index contributed by atoms with van der Waals surface area (Å²) in [5.74, 6) is 1.89. The third-order valence-electron chi connectivity index (χ3n) is 11.4. The van der Waals surface area contributed by atoms with E-state index in [-0.39, 0.29) is 0 Å². The summed E-state index contributed by atoms with van der Waals surface area (Å²) in [6.07, 6.45) is 0. The zero-order valence-corrected chi connectivity index (χ0v) is 33.2. The Morgan fingerprint density at radius 1 is 0.230 bits per heavy atom. The highest BCUT2D eigenvalue weighted by atomic mass is 15.0. The second-order valence-electron chi connectivity index (χ2n) is 15.3. The summed E-state index contributed by atoms with van der Waals surface area (Å²) in [5, 5.41) is 2.42. The summed E-state index contributed by atoms with van der Waals surface area (Å²) in [7, 11) is 0. The Balaban J connectivity index is 1.04. The Morgan fingerprint density at radius 2 is 0.607 bits per heavy atom. The topological polar surface area (TPSA) is 43.6 Å². The van der Waals surface area contributed by atoms with Crippen LogP contribution in [-0.2, 0) is 0 Å². The van der Waals surface area contributed by atoms with Gasteiger partial charge in [0.2, 0.25) is 0 Å². The molecule has 2 heterocycles. The standard InChI is InChI=1S/C57H38N4/c1-5-16-39(17-6-1)42-28-30-44(31-29-42)56-58-55(43-22-11-4-12-23-43)59-57(60-56)47-25-15-24-45(34-47)46-32-33-52-51-26-13-14-27-53(51)61(54(52)38-46)50-36-48(40-18-7-2-8-19-40)35-49(37-50)41-20-9-3-10-21-41/h1-38H. The highest BCUT2D eigenvalue weighted by Gasteiger charge is 2.17. The molecule has 0 radical (unpaired) electrons. The maximum Gasteiger partial charge on any atom is 0.164 e. The summed E-state index contributed by atoms with van der Waals surface area (Å²) in [6.45, 7) is 0. The van der Waals surface area contributed by atoms with E-state index in [0.29, 0.717) is 17.5 Å². The average molecular weight is 779 g/mol. The molecule has 0 aliphatic heterocycles. The number of hydrogen-bond acceptors (Lipinski definition) is 3. The van der Waals surface area contributed by atoms with Crippen LogP contribution >= 0.6 is 0 Å². The molecule has 11 rings (SSSR count). The molecule has 11 aromatic rings. The molecule has 4 heteroatoms. The Labute approximate surface area is 354 Å². The van der Waals surface area contributed by atoms with E-state index in [1.165, 1.54) is 38.6 Å². The summed E-state index contributed by atoms with van der Waals surface area (Å²) < 4.78 is 2.42. The number of rotatable bonds is 8. The highest BCUT2D eigenvalue weighted by molar-refractivity contribution is 6.10. The molecule has 0 unspecified atom stereocenters. The lowest BCUT2D eigenvalue weighted by Crippen LogP contribution is -2.00. The van der Waals surface area contributed by atoms with Crippen LogP contribution in [0.15, 0.2) is 231 Å². The first-order valence-electron chi connectivity index (χ1n) is 20.6. The SMILES string of the molecule is c1ccc(-c2ccc(-c3nc(-c4ccccc4)nc(-c4cccc(-c5ccc6c7ccccc7n(-c7cc(-c8ccccc8)cc(-c8ccccc8)c7)c6c5)c4)n3)cc2)cc1. The minimum absolute atomic E-state index is 0.624. The number of para-hydroxylation sites is 1. The Bertz CT molecular complexity index is 3260. The lowest BCUT2D eigenvalue weighted by Gasteiger charge is -2.14. The molecule has 0 amide bonds. The molecule has 0 N–H and O–H groups in total. The van der Waals surface area contributed by atoms with Crippen molar-refractivity contribution in [1.82, 2.24) is 19.5 Å². The monoisotopic (exact) mass is 778 g/mol. The van der Waals surface area contributed by atoms with Gasteiger partial charge in [-0.25, -0.2) is 15.0 Å². The first-order chi connectivity index (χ1) is 30.2. The number of aromatic nitrogens is 4. The van der Waals surface area contributed by atoms with Gasteiger partial charge in [-0.05, 0) is 80.9 Å². The summed E-state index contributed by atoms with van der Waals surface area (Å²) in [6, 6.07) is 81.3. The van der Waals surface area contributed by atoms with E-state index in [1.54, 1.807) is 0 Å². The van der Waals surface area contributed by atoms with Crippen molar-refractivity contribution in [2.24, 2.45) is 0 Å². The van der Waals surface area contributed by atoms with Crippen molar-refractivity contribution in [3.05, 3.63) is 231 Å². The molecule has 9 aromatic carbocycles. The second kappa shape index (κ2) is 15.5. The molecule has 0 aliphatic rings. The molecule has 0 bridgehead atoms. The van der Waals surface area contributed by atoms with Gasteiger partial charge in [0.1, 0.15) is 0 Å². The molecule has 0 atom stereocenters. The van der Waals surface area contributed by atoms with E-state index in [1.807, 2.05) is 36.4 Å². The smallest absolute Gasteiger partial charge is 0.164 e. The summed E-state index contributed by atoms with van der Waals surface area (Å²) in [4.78, 5) is 15.2. The predicted molar refractivity (Wildman–Crippen MR) is 252 cm³/mol. The second-order valence-corrected chi connectivity index (χ2v) is 15.3. The molecule has 286 valence electrons. The van der Waals surface area contributed by atoms with Gasteiger partial charge in [-0.1, -0.05) is 194 Å². The maximum absolute atomic E-state index is 5.11. The Morgan fingerprint density at radius 3 is 1.21 bits per heavy atom. The molecule has 0 aliphatic carbocycles. The van der Waals surface area contributed by atoms with E-state index in [4.69, 9.17) is 15.0 Å². The van der Waals surface area contributed by atoms with Crippen molar-refractivity contribution in [1.29, 1.82) is 0 Å². The lowest BCUT2D eigenvalue weighted by molar-refractivity contribution is 1.07. The maximum atomic E-state index is 5.11. The molecule has 0 spiro atoms. The molecule has 2 aromatic heterocycles. The van der Waals surface area contributed by atoms with Gasteiger partial charge in [0.15, 0.2) is 17.5 Å². The van der Waals surface area contributed by atoms with E-state index in [9.17, 15) is 0 Å². The fraction of sp³-hybridized carbons (Fsp3) is 0. The molecule has 0 saturated carbocycles. The van der Waals surface area contributed by atoms with Crippen LogP contribution in [0.1, 0.15) is 0 Å². The van der Waals surface area contributed by atoms with Gasteiger partial charge >= 0.3 is 0 Å². The first kappa shape index (κ1) is 35.9. The van der Waals surface area contributed by atoms with Gasteiger partial charge in [0.05, 0.1) is 11.0 Å². The molecule has 61 heavy (non-hydrogen) atoms. The van der Waals surface area contributed by atoms with Crippen molar-refractivity contribution in [2.75, 3.05) is 0 Å².